The highest BCUT2D eigenvalue weighted by molar-refractivity contribution is 7.99. The minimum Gasteiger partial charge on any atom is -0.380 e. The van der Waals surface area contributed by atoms with Gasteiger partial charge in [-0.2, -0.15) is 13.2 Å². The molecule has 0 aliphatic carbocycles. The van der Waals surface area contributed by atoms with Crippen LogP contribution < -0.4 is 10.0 Å². The van der Waals surface area contributed by atoms with Gasteiger partial charge in [0.1, 0.15) is 17.0 Å². The molecule has 3 atom stereocenters. The molecule has 1 unspecified atom stereocenters. The van der Waals surface area contributed by atoms with Gasteiger partial charge in [0, 0.05) is 65.5 Å². The highest BCUT2D eigenvalue weighted by Crippen LogP contribution is 2.38. The summed E-state index contributed by atoms with van der Waals surface area (Å²) in [5, 5.41) is 3.70. The second kappa shape index (κ2) is 19.9. The molecule has 0 radical (unpaired) electrons. The molecule has 2 aliphatic rings. The van der Waals surface area contributed by atoms with Crippen molar-refractivity contribution in [2.45, 2.75) is 84.0 Å². The first kappa shape index (κ1) is 46.8. The molecule has 11 nitrogen and oxygen atoms in total. The summed E-state index contributed by atoms with van der Waals surface area (Å²) in [5.41, 5.74) is -1.25. The number of thioether (sulfide) groups is 1. The number of sulfone groups is 1. The number of rotatable bonds is 16. The zero-order valence-electron chi connectivity index (χ0n) is 35.2. The van der Waals surface area contributed by atoms with Crippen LogP contribution >= 0.6 is 23.4 Å². The fourth-order valence-electron chi connectivity index (χ4n) is 8.19. The average Bonchev–Trinajstić information content (AvgIpc) is 3.25. The summed E-state index contributed by atoms with van der Waals surface area (Å²) in [5.74, 6) is 0.409. The van der Waals surface area contributed by atoms with Gasteiger partial charge in [0.15, 0.2) is 0 Å². The molecule has 18 heteroatoms. The van der Waals surface area contributed by atoms with Gasteiger partial charge in [-0.3, -0.25) is 14.5 Å². The molecule has 2 N–H and O–H groups in total. The van der Waals surface area contributed by atoms with Gasteiger partial charge in [-0.05, 0) is 112 Å². The Labute approximate surface area is 377 Å². The first-order chi connectivity index (χ1) is 30.0. The largest absolute Gasteiger partial charge is 0.501 e. The Hall–Kier alpha value is -4.23. The Balaban J connectivity index is 1.05. The van der Waals surface area contributed by atoms with E-state index in [0.717, 1.165) is 48.5 Å². The number of halogens is 4. The maximum Gasteiger partial charge on any atom is 0.501 e. The zero-order valence-corrected chi connectivity index (χ0v) is 38.4. The van der Waals surface area contributed by atoms with E-state index >= 15 is 0 Å². The van der Waals surface area contributed by atoms with Gasteiger partial charge in [-0.25, -0.2) is 26.8 Å². The Morgan fingerprint density at radius 3 is 2.38 bits per heavy atom. The third kappa shape index (κ3) is 11.4. The molecule has 1 aromatic heterocycles. The minimum atomic E-state index is -5.99. The summed E-state index contributed by atoms with van der Waals surface area (Å²) in [6.07, 6.45) is 4.03. The first-order valence-electron chi connectivity index (χ1n) is 20.7. The lowest BCUT2D eigenvalue weighted by atomic mass is 9.93. The molecule has 7 rings (SSSR count). The van der Waals surface area contributed by atoms with E-state index in [4.69, 9.17) is 11.6 Å². The van der Waals surface area contributed by atoms with Gasteiger partial charge in [0.25, 0.3) is 19.9 Å². The Kier molecular flexibility index (Phi) is 14.8. The number of fused-ring (bicyclic) bond motifs is 1. The van der Waals surface area contributed by atoms with Crippen LogP contribution in [0.5, 0.6) is 0 Å². The standard InChI is InChI=1S/C45H51ClF3N7O4S3/c1-31-25-36(20-23-55(31)27-33-9-7-8-12-39(33)32-13-15-34(46)16-14-32)56-24-21-40-42(28-56)50-30-51-44(40)53-63(59,60)38-17-18-41(43(26-38)62(57,58)45(47,48)49)52-35(19-22-54(2)3)29-61-37-10-5-4-6-11-37/h4-18,26,30-31,35-36,52H,19-25,27-29H2,1-3H3,(H,50,51,53)/t31-,35+,36?/m0/s1. The monoisotopic (exact) mass is 941 g/mol. The van der Waals surface area contributed by atoms with Crippen molar-refractivity contribution in [2.24, 2.45) is 0 Å². The molecule has 0 spiro atoms. The SMILES string of the molecule is C[C@H]1CC(N2CCc3c(ncnc3NS(=O)(=O)c3ccc(N[C@H](CCN(C)C)CSc4ccccc4)c(S(=O)(=O)C(F)(F)F)c3)C2)CCN1Cc1ccccc1-c1ccc(Cl)cc1. The van der Waals surface area contributed by atoms with Crippen LogP contribution in [0.2, 0.25) is 5.02 Å². The molecule has 336 valence electrons. The number of hydrogen-bond donors (Lipinski definition) is 2. The van der Waals surface area contributed by atoms with Gasteiger partial charge in [-0.15, -0.1) is 11.8 Å². The van der Waals surface area contributed by atoms with E-state index in [-0.39, 0.29) is 17.5 Å². The van der Waals surface area contributed by atoms with E-state index in [1.165, 1.54) is 29.2 Å². The third-order valence-electron chi connectivity index (χ3n) is 11.7. The smallest absolute Gasteiger partial charge is 0.380 e. The summed E-state index contributed by atoms with van der Waals surface area (Å²) in [7, 11) is -6.89. The maximum absolute atomic E-state index is 14.2. The second-order valence-electron chi connectivity index (χ2n) is 16.3. The van der Waals surface area contributed by atoms with E-state index in [9.17, 15) is 30.0 Å². The third-order valence-corrected chi connectivity index (χ3v) is 15.9. The van der Waals surface area contributed by atoms with Gasteiger partial charge in [0.05, 0.1) is 16.3 Å². The predicted molar refractivity (Wildman–Crippen MR) is 244 cm³/mol. The van der Waals surface area contributed by atoms with Gasteiger partial charge >= 0.3 is 5.51 Å². The Bertz CT molecular complexity index is 2590. The summed E-state index contributed by atoms with van der Waals surface area (Å²) in [6, 6.07) is 28.6. The number of hydrogen-bond acceptors (Lipinski definition) is 11. The van der Waals surface area contributed by atoms with Crippen molar-refractivity contribution in [3.63, 3.8) is 0 Å². The second-order valence-corrected chi connectivity index (χ2v) is 21.4. The van der Waals surface area contributed by atoms with Crippen molar-refractivity contribution in [1.82, 2.24) is 24.7 Å². The fourth-order valence-corrected chi connectivity index (χ4v) is 11.4. The van der Waals surface area contributed by atoms with E-state index in [1.54, 1.807) is 0 Å². The quantitative estimate of drug-likeness (QED) is 0.0922. The lowest BCUT2D eigenvalue weighted by Gasteiger charge is -2.43. The normalized spacial score (nSPS) is 18.2. The number of nitrogens with zero attached hydrogens (tertiary/aromatic N) is 5. The average molecular weight is 943 g/mol. The fraction of sp³-hybridized carbons (Fsp3) is 0.378. The number of piperidine rings is 1. The lowest BCUT2D eigenvalue weighted by Crippen LogP contribution is -2.50. The van der Waals surface area contributed by atoms with Crippen molar-refractivity contribution in [2.75, 3.05) is 49.5 Å². The van der Waals surface area contributed by atoms with Crippen LogP contribution in [0.4, 0.5) is 24.7 Å². The van der Waals surface area contributed by atoms with Crippen LogP contribution in [0.15, 0.2) is 118 Å². The molecule has 1 fully saturated rings. The number of aromatic nitrogens is 2. The van der Waals surface area contributed by atoms with Crippen LogP contribution in [0.25, 0.3) is 11.1 Å². The molecule has 0 saturated carbocycles. The number of alkyl halides is 3. The van der Waals surface area contributed by atoms with E-state index < -0.39 is 41.2 Å². The number of anilines is 2. The van der Waals surface area contributed by atoms with Crippen LogP contribution in [0, 0.1) is 0 Å². The molecule has 3 heterocycles. The Morgan fingerprint density at radius 2 is 1.67 bits per heavy atom. The summed E-state index contributed by atoms with van der Waals surface area (Å²) >= 11 is 7.62. The molecule has 0 amide bonds. The Morgan fingerprint density at radius 1 is 0.937 bits per heavy atom. The van der Waals surface area contributed by atoms with Gasteiger partial charge in [0.2, 0.25) is 0 Å². The highest BCUT2D eigenvalue weighted by atomic mass is 35.5. The zero-order chi connectivity index (χ0) is 44.9. The highest BCUT2D eigenvalue weighted by Gasteiger charge is 2.48. The number of nitrogens with one attached hydrogen (secondary N) is 2. The van der Waals surface area contributed by atoms with Crippen LogP contribution in [-0.4, -0.2) is 105 Å². The van der Waals surface area contributed by atoms with Crippen LogP contribution in [-0.2, 0) is 39.4 Å². The molecule has 1 saturated heterocycles. The molecular formula is C45H51ClF3N7O4S3. The molecule has 63 heavy (non-hydrogen) atoms. The summed E-state index contributed by atoms with van der Waals surface area (Å²) in [4.78, 5) is 14.6. The van der Waals surface area contributed by atoms with E-state index in [0.29, 0.717) is 66.6 Å². The van der Waals surface area contributed by atoms with Crippen molar-refractivity contribution < 1.29 is 30.0 Å². The maximum atomic E-state index is 14.2. The molecule has 0 bridgehead atoms. The van der Waals surface area contributed by atoms with Crippen LogP contribution in [0.3, 0.4) is 0 Å². The molecular weight excluding hydrogens is 891 g/mol. The van der Waals surface area contributed by atoms with E-state index in [2.05, 4.69) is 54.9 Å². The van der Waals surface area contributed by atoms with Crippen LogP contribution in [0.1, 0.15) is 43.0 Å². The van der Waals surface area contributed by atoms with Crippen molar-refractivity contribution >= 4 is 54.7 Å². The first-order valence-corrected chi connectivity index (χ1v) is 25.0. The van der Waals surface area contributed by atoms with E-state index in [1.807, 2.05) is 79.7 Å². The predicted octanol–water partition coefficient (Wildman–Crippen LogP) is 8.83. The number of benzene rings is 4. The van der Waals surface area contributed by atoms with Crippen molar-refractivity contribution in [3.8, 4) is 11.1 Å². The topological polar surface area (TPSA) is 128 Å². The van der Waals surface area contributed by atoms with Crippen molar-refractivity contribution in [3.05, 3.63) is 125 Å². The van der Waals surface area contributed by atoms with Crippen molar-refractivity contribution in [1.29, 1.82) is 0 Å². The molecule has 2 aliphatic heterocycles. The van der Waals surface area contributed by atoms with Gasteiger partial charge in [-0.1, -0.05) is 66.2 Å². The molecule has 4 aromatic carbocycles. The lowest BCUT2D eigenvalue weighted by molar-refractivity contribution is -0.0435. The minimum absolute atomic E-state index is 0.00584. The number of sulfonamides is 1. The van der Waals surface area contributed by atoms with Gasteiger partial charge < -0.3 is 10.2 Å². The molecule has 5 aromatic rings. The summed E-state index contributed by atoms with van der Waals surface area (Å²) < 4.78 is 99.0. The summed E-state index contributed by atoms with van der Waals surface area (Å²) in [6.45, 7) is 5.59. The number of likely N-dealkylation sites (tertiary alicyclic amines) is 1.